The average Bonchev–Trinajstić information content (AvgIpc) is 3.65. The van der Waals surface area contributed by atoms with E-state index < -0.39 is 0 Å². The minimum absolute atomic E-state index is 0.586. The Morgan fingerprint density at radius 1 is 0.291 bits per heavy atom. The number of rotatable bonds is 7. The Bertz CT molecular complexity index is 2840. The quantitative estimate of drug-likeness (QED) is 0.164. The van der Waals surface area contributed by atoms with Crippen molar-refractivity contribution in [2.45, 2.75) is 0 Å². The molecule has 0 aliphatic heterocycles. The van der Waals surface area contributed by atoms with E-state index >= 15 is 0 Å². The monoisotopic (exact) mass is 705 g/mol. The highest BCUT2D eigenvalue weighted by molar-refractivity contribution is 6.06. The zero-order valence-corrected chi connectivity index (χ0v) is 29.5. The van der Waals surface area contributed by atoms with Crippen LogP contribution in [0.1, 0.15) is 0 Å². The molecule has 10 rings (SSSR count). The third kappa shape index (κ3) is 6.32. The predicted octanol–water partition coefficient (Wildman–Crippen LogP) is 12.2. The lowest BCUT2D eigenvalue weighted by atomic mass is 9.94. The summed E-state index contributed by atoms with van der Waals surface area (Å²) in [7, 11) is 0. The van der Waals surface area contributed by atoms with Gasteiger partial charge in [0.15, 0.2) is 17.5 Å². The summed E-state index contributed by atoms with van der Waals surface area (Å²) in [6, 6.07) is 56.2. The minimum Gasteiger partial charge on any atom is -0.456 e. The molecule has 0 saturated heterocycles. The lowest BCUT2D eigenvalue weighted by Gasteiger charge is -2.13. The molecule has 10 aromatic rings. The van der Waals surface area contributed by atoms with Gasteiger partial charge in [0, 0.05) is 52.3 Å². The van der Waals surface area contributed by atoms with E-state index in [0.29, 0.717) is 17.5 Å². The molecule has 4 heterocycles. The molecule has 0 radical (unpaired) electrons. The van der Waals surface area contributed by atoms with Gasteiger partial charge in [-0.05, 0) is 99.1 Å². The zero-order valence-electron chi connectivity index (χ0n) is 29.5. The van der Waals surface area contributed by atoms with Crippen LogP contribution in [0.5, 0.6) is 0 Å². The van der Waals surface area contributed by atoms with Crippen molar-refractivity contribution in [3.8, 4) is 78.7 Å². The molecule has 6 heteroatoms. The van der Waals surface area contributed by atoms with Crippen LogP contribution >= 0.6 is 0 Å². The van der Waals surface area contributed by atoms with Crippen molar-refractivity contribution in [3.05, 3.63) is 189 Å². The number of fused-ring (bicyclic) bond motifs is 3. The maximum Gasteiger partial charge on any atom is 0.164 e. The smallest absolute Gasteiger partial charge is 0.164 e. The van der Waals surface area contributed by atoms with Crippen molar-refractivity contribution in [1.82, 2.24) is 24.9 Å². The van der Waals surface area contributed by atoms with E-state index in [9.17, 15) is 0 Å². The molecular formula is C49H31N5O. The number of pyridine rings is 2. The summed E-state index contributed by atoms with van der Waals surface area (Å²) in [5.74, 6) is 1.78. The molecule has 0 fully saturated rings. The van der Waals surface area contributed by atoms with Crippen LogP contribution in [0.4, 0.5) is 0 Å². The highest BCUT2D eigenvalue weighted by atomic mass is 16.3. The first-order valence-electron chi connectivity index (χ1n) is 18.1. The largest absolute Gasteiger partial charge is 0.456 e. The first kappa shape index (κ1) is 32.1. The van der Waals surface area contributed by atoms with Crippen molar-refractivity contribution in [2.75, 3.05) is 0 Å². The number of hydrogen-bond donors (Lipinski definition) is 0. The molecule has 0 aliphatic carbocycles. The molecule has 4 aromatic heterocycles. The SMILES string of the molecule is c1ccc(-c2nc(-c3cc(-c4ccc(-c5cccnc5)cc4)cc(-c4ccc(-c5cccnc5)cc4)c3)nc(-c3ccc4oc5ccccc5c4c3)n2)cc1. The molecule has 258 valence electrons. The van der Waals surface area contributed by atoms with Crippen LogP contribution < -0.4 is 0 Å². The highest BCUT2D eigenvalue weighted by Gasteiger charge is 2.17. The molecular weight excluding hydrogens is 675 g/mol. The molecule has 0 amide bonds. The Hall–Kier alpha value is -7.57. The maximum atomic E-state index is 6.15. The van der Waals surface area contributed by atoms with Gasteiger partial charge in [-0.2, -0.15) is 0 Å². The van der Waals surface area contributed by atoms with Gasteiger partial charge < -0.3 is 4.42 Å². The average molecular weight is 706 g/mol. The van der Waals surface area contributed by atoms with Gasteiger partial charge in [0.25, 0.3) is 0 Å². The molecule has 0 atom stereocenters. The fourth-order valence-corrected chi connectivity index (χ4v) is 7.08. The van der Waals surface area contributed by atoms with Gasteiger partial charge in [-0.15, -0.1) is 0 Å². The number of nitrogens with zero attached hydrogens (tertiary/aromatic N) is 5. The second kappa shape index (κ2) is 13.8. The van der Waals surface area contributed by atoms with Crippen molar-refractivity contribution >= 4 is 21.9 Å². The van der Waals surface area contributed by atoms with Crippen molar-refractivity contribution in [1.29, 1.82) is 0 Å². The fourth-order valence-electron chi connectivity index (χ4n) is 7.08. The van der Waals surface area contributed by atoms with Crippen LogP contribution in [0.15, 0.2) is 193 Å². The van der Waals surface area contributed by atoms with E-state index in [1.807, 2.05) is 85.2 Å². The number of para-hydroxylation sites is 1. The summed E-state index contributed by atoms with van der Waals surface area (Å²) in [5.41, 5.74) is 13.0. The first-order chi connectivity index (χ1) is 27.2. The van der Waals surface area contributed by atoms with Crippen molar-refractivity contribution < 1.29 is 4.42 Å². The van der Waals surface area contributed by atoms with Crippen molar-refractivity contribution in [2.24, 2.45) is 0 Å². The van der Waals surface area contributed by atoms with E-state index in [1.54, 1.807) is 12.4 Å². The molecule has 6 aromatic carbocycles. The molecule has 0 aliphatic rings. The summed E-state index contributed by atoms with van der Waals surface area (Å²) in [6.07, 6.45) is 7.36. The van der Waals surface area contributed by atoms with Gasteiger partial charge in [-0.25, -0.2) is 15.0 Å². The Morgan fingerprint density at radius 2 is 0.745 bits per heavy atom. The number of aromatic nitrogens is 5. The third-order valence-electron chi connectivity index (χ3n) is 9.92. The minimum atomic E-state index is 0.586. The Balaban J connectivity index is 1.14. The molecule has 0 N–H and O–H groups in total. The molecule has 6 nitrogen and oxygen atoms in total. The summed E-state index contributed by atoms with van der Waals surface area (Å²) in [4.78, 5) is 24.0. The van der Waals surface area contributed by atoms with Crippen LogP contribution in [-0.4, -0.2) is 24.9 Å². The van der Waals surface area contributed by atoms with Gasteiger partial charge in [-0.3, -0.25) is 9.97 Å². The van der Waals surface area contributed by atoms with Crippen LogP contribution in [0.25, 0.3) is 101 Å². The standard InChI is InChI=1S/C49H31N5O/c1-2-8-36(9-3-1)47-52-48(37-22-23-46-44(29-37)43-12-4-5-13-45(43)55-46)54-49(53-47)42-27-40(34-18-14-32(15-19-34)38-10-6-24-50-30-38)26-41(28-42)35-20-16-33(17-21-35)39-11-7-25-51-31-39/h1-31H. The van der Waals surface area contributed by atoms with Crippen LogP contribution in [0, 0.1) is 0 Å². The van der Waals surface area contributed by atoms with E-state index in [-0.39, 0.29) is 0 Å². The number of furan rings is 1. The van der Waals surface area contributed by atoms with Gasteiger partial charge in [-0.1, -0.05) is 109 Å². The molecule has 0 spiro atoms. The van der Waals surface area contributed by atoms with Crippen LogP contribution in [0.3, 0.4) is 0 Å². The molecule has 0 unspecified atom stereocenters. The lowest BCUT2D eigenvalue weighted by Crippen LogP contribution is -2.00. The highest BCUT2D eigenvalue weighted by Crippen LogP contribution is 2.36. The molecule has 0 bridgehead atoms. The van der Waals surface area contributed by atoms with Gasteiger partial charge in [0.05, 0.1) is 0 Å². The van der Waals surface area contributed by atoms with Gasteiger partial charge in [0.1, 0.15) is 11.2 Å². The summed E-state index contributed by atoms with van der Waals surface area (Å²) in [5, 5.41) is 2.07. The van der Waals surface area contributed by atoms with E-state index in [2.05, 4.69) is 101 Å². The van der Waals surface area contributed by atoms with Crippen LogP contribution in [-0.2, 0) is 0 Å². The van der Waals surface area contributed by atoms with Crippen LogP contribution in [0.2, 0.25) is 0 Å². The lowest BCUT2D eigenvalue weighted by molar-refractivity contribution is 0.669. The fraction of sp³-hybridized carbons (Fsp3) is 0. The zero-order chi connectivity index (χ0) is 36.6. The Kier molecular flexibility index (Phi) is 8.04. The van der Waals surface area contributed by atoms with Gasteiger partial charge >= 0.3 is 0 Å². The van der Waals surface area contributed by atoms with E-state index in [1.165, 1.54) is 0 Å². The first-order valence-corrected chi connectivity index (χ1v) is 18.1. The van der Waals surface area contributed by atoms with E-state index in [4.69, 9.17) is 19.4 Å². The third-order valence-corrected chi connectivity index (χ3v) is 9.92. The van der Waals surface area contributed by atoms with E-state index in [0.717, 1.165) is 83.1 Å². The predicted molar refractivity (Wildman–Crippen MR) is 221 cm³/mol. The topological polar surface area (TPSA) is 77.6 Å². The maximum absolute atomic E-state index is 6.15. The summed E-state index contributed by atoms with van der Waals surface area (Å²) < 4.78 is 6.15. The molecule has 55 heavy (non-hydrogen) atoms. The number of benzene rings is 6. The van der Waals surface area contributed by atoms with Crippen molar-refractivity contribution in [3.63, 3.8) is 0 Å². The Labute approximate surface area is 317 Å². The second-order valence-corrected chi connectivity index (χ2v) is 13.4. The second-order valence-electron chi connectivity index (χ2n) is 13.4. The number of hydrogen-bond acceptors (Lipinski definition) is 6. The summed E-state index contributed by atoms with van der Waals surface area (Å²) >= 11 is 0. The normalized spacial score (nSPS) is 11.3. The Morgan fingerprint density at radius 3 is 1.33 bits per heavy atom. The van der Waals surface area contributed by atoms with Gasteiger partial charge in [0.2, 0.25) is 0 Å². The molecule has 0 saturated carbocycles. The summed E-state index contributed by atoms with van der Waals surface area (Å²) in [6.45, 7) is 0.